The first-order chi connectivity index (χ1) is 10.5. The molecule has 0 saturated heterocycles. The van der Waals surface area contributed by atoms with Crippen LogP contribution in [0, 0.1) is 23.7 Å². The van der Waals surface area contributed by atoms with Crippen LogP contribution in [0.2, 0.25) is 0 Å². The lowest BCUT2D eigenvalue weighted by molar-refractivity contribution is -0.777. The number of carbonyl (C=O) groups is 1. The van der Waals surface area contributed by atoms with Crippen molar-refractivity contribution in [3.63, 3.8) is 0 Å². The van der Waals surface area contributed by atoms with Crippen LogP contribution in [0.15, 0.2) is 0 Å². The number of nitrogens with one attached hydrogen (secondary N) is 1. The first-order valence-corrected chi connectivity index (χ1v) is 8.63. The van der Waals surface area contributed by atoms with E-state index in [9.17, 15) is 4.79 Å². The molecular weight excluding hydrogens is 278 g/mol. The molecule has 1 aromatic heterocycles. The number of fused-ring (bicyclic) bond motifs is 2. The minimum atomic E-state index is -0.0647. The van der Waals surface area contributed by atoms with Gasteiger partial charge in [0.2, 0.25) is 5.69 Å². The molecule has 3 unspecified atom stereocenters. The summed E-state index contributed by atoms with van der Waals surface area (Å²) in [7, 11) is 0. The fraction of sp³-hybridized carbons (Fsp3) is 0.824. The molecule has 22 heavy (non-hydrogen) atoms. The Balaban J connectivity index is 1.60. The molecule has 0 aromatic carbocycles. The Morgan fingerprint density at radius 1 is 1.27 bits per heavy atom. The summed E-state index contributed by atoms with van der Waals surface area (Å²) in [6.45, 7) is 8.76. The van der Waals surface area contributed by atoms with Crippen LogP contribution in [0.1, 0.15) is 58.0 Å². The highest BCUT2D eigenvalue weighted by atomic mass is 16.5. The van der Waals surface area contributed by atoms with Gasteiger partial charge in [0.1, 0.15) is 6.04 Å². The van der Waals surface area contributed by atoms with Crippen molar-refractivity contribution in [2.75, 3.05) is 6.61 Å². The van der Waals surface area contributed by atoms with Gasteiger partial charge in [0.05, 0.1) is 12.5 Å². The van der Waals surface area contributed by atoms with Crippen LogP contribution in [0.4, 0.5) is 0 Å². The molecule has 2 aliphatic carbocycles. The molecule has 0 spiro atoms. The summed E-state index contributed by atoms with van der Waals surface area (Å²) in [5.74, 6) is 1.93. The zero-order valence-corrected chi connectivity index (χ0v) is 14.1. The monoisotopic (exact) mass is 306 g/mol. The van der Waals surface area contributed by atoms with Crippen LogP contribution >= 0.6 is 0 Å². The number of carbonyl (C=O) groups excluding carboxylic acids is 1. The van der Waals surface area contributed by atoms with Crippen molar-refractivity contribution in [1.82, 2.24) is 10.3 Å². The van der Waals surface area contributed by atoms with E-state index in [2.05, 4.69) is 28.8 Å². The van der Waals surface area contributed by atoms with Gasteiger partial charge < -0.3 is 4.74 Å². The molecule has 5 nitrogen and oxygen atoms in total. The Bertz CT molecular complexity index is 550. The van der Waals surface area contributed by atoms with Gasteiger partial charge in [-0.3, -0.25) is 4.79 Å². The molecule has 1 saturated carbocycles. The summed E-state index contributed by atoms with van der Waals surface area (Å²) in [4.78, 5) is 11.6. The molecule has 122 valence electrons. The van der Waals surface area contributed by atoms with Crippen molar-refractivity contribution in [3.05, 3.63) is 11.4 Å². The molecule has 2 aliphatic rings. The van der Waals surface area contributed by atoms with Crippen molar-refractivity contribution >= 4 is 5.97 Å². The van der Waals surface area contributed by atoms with E-state index in [1.807, 2.05) is 13.8 Å². The second-order valence-electron chi connectivity index (χ2n) is 7.42. The SMILES string of the molecule is CC(C)C(=O)OCC1C2CCc3n[nH][n+](C(C)C)c3CCC21. The average molecular weight is 306 g/mol. The number of aromatic nitrogens is 3. The fourth-order valence-corrected chi connectivity index (χ4v) is 3.85. The lowest BCUT2D eigenvalue weighted by atomic mass is 10.0. The Kier molecular flexibility index (Phi) is 4.24. The van der Waals surface area contributed by atoms with E-state index in [-0.39, 0.29) is 11.9 Å². The van der Waals surface area contributed by atoms with Gasteiger partial charge in [-0.05, 0) is 44.4 Å². The van der Waals surface area contributed by atoms with Crippen molar-refractivity contribution in [3.8, 4) is 0 Å². The summed E-state index contributed by atoms with van der Waals surface area (Å²) in [5, 5.41) is 7.67. The highest BCUT2D eigenvalue weighted by molar-refractivity contribution is 5.71. The first-order valence-electron chi connectivity index (χ1n) is 8.63. The van der Waals surface area contributed by atoms with Crippen molar-refractivity contribution < 1.29 is 14.2 Å². The number of esters is 1. The van der Waals surface area contributed by atoms with E-state index in [4.69, 9.17) is 4.74 Å². The Labute approximate surface area is 132 Å². The van der Waals surface area contributed by atoms with Crippen LogP contribution in [-0.2, 0) is 22.4 Å². The van der Waals surface area contributed by atoms with Crippen molar-refractivity contribution in [2.24, 2.45) is 23.7 Å². The number of aryl methyl sites for hydroxylation is 1. The fourth-order valence-electron chi connectivity index (χ4n) is 3.85. The van der Waals surface area contributed by atoms with Gasteiger partial charge in [-0.25, -0.2) is 0 Å². The predicted molar refractivity (Wildman–Crippen MR) is 82.1 cm³/mol. The Morgan fingerprint density at radius 3 is 2.59 bits per heavy atom. The van der Waals surface area contributed by atoms with Gasteiger partial charge in [-0.2, -0.15) is 4.68 Å². The average Bonchev–Trinajstić information content (AvgIpc) is 2.93. The minimum absolute atomic E-state index is 0.0266. The van der Waals surface area contributed by atoms with Crippen LogP contribution in [0.3, 0.4) is 0 Å². The number of rotatable bonds is 4. The molecule has 1 N–H and O–H groups in total. The van der Waals surface area contributed by atoms with Gasteiger partial charge in [0.15, 0.2) is 5.69 Å². The largest absolute Gasteiger partial charge is 0.465 e. The third kappa shape index (κ3) is 2.90. The quantitative estimate of drug-likeness (QED) is 0.685. The maximum absolute atomic E-state index is 11.6. The molecule has 1 aromatic rings. The molecule has 1 fully saturated rings. The summed E-state index contributed by atoms with van der Waals surface area (Å²) in [5.41, 5.74) is 2.61. The molecule has 5 heteroatoms. The van der Waals surface area contributed by atoms with Crippen molar-refractivity contribution in [1.29, 1.82) is 0 Å². The summed E-state index contributed by atoms with van der Waals surface area (Å²) >= 11 is 0. The number of hydrogen-bond donors (Lipinski definition) is 1. The predicted octanol–water partition coefficient (Wildman–Crippen LogP) is 2.22. The normalized spacial score (nSPS) is 27.1. The number of aromatic amines is 1. The maximum atomic E-state index is 11.6. The minimum Gasteiger partial charge on any atom is -0.465 e. The first kappa shape index (κ1) is 15.5. The molecule has 3 rings (SSSR count). The van der Waals surface area contributed by atoms with E-state index < -0.39 is 0 Å². The van der Waals surface area contributed by atoms with Crippen LogP contribution in [0.25, 0.3) is 0 Å². The number of nitrogens with zero attached hydrogens (tertiary/aromatic N) is 2. The number of ether oxygens (including phenoxy) is 1. The highest BCUT2D eigenvalue weighted by Gasteiger charge is 2.51. The topological polar surface area (TPSA) is 58.9 Å². The van der Waals surface area contributed by atoms with Gasteiger partial charge in [-0.15, -0.1) is 0 Å². The third-order valence-corrected chi connectivity index (χ3v) is 5.26. The van der Waals surface area contributed by atoms with E-state index in [1.165, 1.54) is 24.2 Å². The molecule has 1 heterocycles. The summed E-state index contributed by atoms with van der Waals surface area (Å²) in [6.07, 6.45) is 4.49. The summed E-state index contributed by atoms with van der Waals surface area (Å²) in [6, 6.07) is 0.425. The van der Waals surface area contributed by atoms with Crippen LogP contribution in [-0.4, -0.2) is 22.9 Å². The van der Waals surface area contributed by atoms with E-state index in [1.54, 1.807) is 0 Å². The van der Waals surface area contributed by atoms with Gasteiger partial charge in [0, 0.05) is 17.9 Å². The number of hydrogen-bond acceptors (Lipinski definition) is 3. The zero-order chi connectivity index (χ0) is 15.9. The van der Waals surface area contributed by atoms with Gasteiger partial charge in [0.25, 0.3) is 0 Å². The second kappa shape index (κ2) is 6.01. The van der Waals surface area contributed by atoms with E-state index in [0.717, 1.165) is 24.7 Å². The second-order valence-corrected chi connectivity index (χ2v) is 7.42. The van der Waals surface area contributed by atoms with Gasteiger partial charge >= 0.3 is 5.97 Å². The van der Waals surface area contributed by atoms with E-state index >= 15 is 0 Å². The van der Waals surface area contributed by atoms with Gasteiger partial charge in [-0.1, -0.05) is 19.1 Å². The molecule has 3 atom stereocenters. The van der Waals surface area contributed by atoms with Crippen LogP contribution < -0.4 is 4.68 Å². The third-order valence-electron chi connectivity index (χ3n) is 5.26. The Hall–Kier alpha value is -1.39. The standard InChI is InChI=1S/C17H27N3O2/c1-10(2)17(21)22-9-14-12-5-7-15-16(8-6-13(12)14)20(11(3)4)19-18-15/h10-14H,5-9H2,1-4H3/p+1. The maximum Gasteiger partial charge on any atom is 0.308 e. The lowest BCUT2D eigenvalue weighted by Crippen LogP contribution is -2.42. The van der Waals surface area contributed by atoms with E-state index in [0.29, 0.717) is 18.6 Å². The Morgan fingerprint density at radius 2 is 1.95 bits per heavy atom. The smallest absolute Gasteiger partial charge is 0.308 e. The number of H-pyrrole nitrogens is 1. The zero-order valence-electron chi connectivity index (χ0n) is 14.1. The molecule has 0 bridgehead atoms. The van der Waals surface area contributed by atoms with Crippen LogP contribution in [0.5, 0.6) is 0 Å². The molecule has 0 amide bonds. The molecule has 0 aliphatic heterocycles. The highest BCUT2D eigenvalue weighted by Crippen LogP contribution is 2.52. The van der Waals surface area contributed by atoms with Crippen molar-refractivity contribution in [2.45, 2.75) is 59.4 Å². The summed E-state index contributed by atoms with van der Waals surface area (Å²) < 4.78 is 7.66. The lowest BCUT2D eigenvalue weighted by Gasteiger charge is -2.07. The molecular formula is C17H28N3O2+. The molecule has 0 radical (unpaired) electrons.